The van der Waals surface area contributed by atoms with Crippen molar-refractivity contribution in [2.24, 2.45) is 0 Å². The third-order valence-corrected chi connectivity index (χ3v) is 8.27. The molecule has 1 aliphatic heterocycles. The van der Waals surface area contributed by atoms with Gasteiger partial charge >= 0.3 is 5.97 Å². The molecule has 7 nitrogen and oxygen atoms in total. The van der Waals surface area contributed by atoms with Crippen molar-refractivity contribution in [2.45, 2.75) is 31.8 Å². The number of benzene rings is 4. The molecule has 0 bridgehead atoms. The second-order valence-corrected chi connectivity index (χ2v) is 11.1. The summed E-state index contributed by atoms with van der Waals surface area (Å²) in [6, 6.07) is 28.3. The number of halogens is 1. The molecule has 220 valence electrons. The fourth-order valence-corrected chi connectivity index (χ4v) is 5.82. The largest absolute Gasteiger partial charge is 0.497 e. The molecule has 2 N–H and O–H groups in total. The number of imidazole rings is 1. The average Bonchev–Trinajstić information content (AvgIpc) is 3.38. The summed E-state index contributed by atoms with van der Waals surface area (Å²) in [5, 5.41) is 13.3. The Labute approximate surface area is 250 Å². The van der Waals surface area contributed by atoms with Gasteiger partial charge in [-0.1, -0.05) is 48.5 Å². The minimum atomic E-state index is -0.954. The van der Waals surface area contributed by atoms with E-state index >= 15 is 0 Å². The fraction of sp³-hybridized carbons (Fsp3) is 0.257. The lowest BCUT2D eigenvalue weighted by Crippen LogP contribution is -2.40. The van der Waals surface area contributed by atoms with Crippen molar-refractivity contribution in [2.75, 3.05) is 32.1 Å². The molecule has 1 aliphatic rings. The molecule has 6 rings (SSSR count). The number of likely N-dealkylation sites (tertiary alicyclic amines) is 1. The Bertz CT molecular complexity index is 1710. The van der Waals surface area contributed by atoms with Gasteiger partial charge in [0.1, 0.15) is 11.6 Å². The Morgan fingerprint density at radius 2 is 1.70 bits per heavy atom. The Kier molecular flexibility index (Phi) is 8.38. The van der Waals surface area contributed by atoms with Crippen molar-refractivity contribution < 1.29 is 19.0 Å². The Morgan fingerprint density at radius 1 is 0.977 bits per heavy atom. The number of nitrogens with one attached hydrogen (secondary N) is 1. The van der Waals surface area contributed by atoms with Gasteiger partial charge in [0.15, 0.2) is 0 Å². The molecular weight excluding hydrogens is 543 g/mol. The van der Waals surface area contributed by atoms with E-state index in [0.717, 1.165) is 67.0 Å². The SMILES string of the molecule is COc1ccc(C(=O)O)c(-c2ccc(CCN3CCC(Nc4nc5ccccc5n4Cc4ccc(F)cc4)CC3)cc2)c1. The van der Waals surface area contributed by atoms with E-state index in [1.165, 1.54) is 17.7 Å². The smallest absolute Gasteiger partial charge is 0.336 e. The number of rotatable bonds is 10. The van der Waals surface area contributed by atoms with Crippen LogP contribution in [0.2, 0.25) is 0 Å². The van der Waals surface area contributed by atoms with Crippen LogP contribution in [0.5, 0.6) is 5.75 Å². The normalized spacial score (nSPS) is 14.2. The molecule has 1 saturated heterocycles. The van der Waals surface area contributed by atoms with Gasteiger partial charge in [0.25, 0.3) is 0 Å². The van der Waals surface area contributed by atoms with Gasteiger partial charge < -0.3 is 24.6 Å². The Hall–Kier alpha value is -4.69. The molecule has 4 aromatic carbocycles. The number of carboxylic acids is 1. The van der Waals surface area contributed by atoms with Crippen LogP contribution in [-0.2, 0) is 13.0 Å². The number of hydrogen-bond donors (Lipinski definition) is 2. The van der Waals surface area contributed by atoms with E-state index in [-0.39, 0.29) is 11.4 Å². The topological polar surface area (TPSA) is 79.6 Å². The van der Waals surface area contributed by atoms with Crippen LogP contribution in [0.1, 0.15) is 34.3 Å². The molecule has 0 saturated carbocycles. The van der Waals surface area contributed by atoms with Crippen molar-refractivity contribution in [1.82, 2.24) is 14.5 Å². The first-order chi connectivity index (χ1) is 21.0. The van der Waals surface area contributed by atoms with E-state index in [4.69, 9.17) is 9.72 Å². The van der Waals surface area contributed by atoms with E-state index in [9.17, 15) is 14.3 Å². The predicted molar refractivity (Wildman–Crippen MR) is 167 cm³/mol. The van der Waals surface area contributed by atoms with E-state index < -0.39 is 5.97 Å². The molecule has 8 heteroatoms. The zero-order valence-electron chi connectivity index (χ0n) is 24.2. The maximum atomic E-state index is 13.5. The maximum absolute atomic E-state index is 13.5. The van der Waals surface area contributed by atoms with Crippen LogP contribution >= 0.6 is 0 Å². The minimum absolute atomic E-state index is 0.232. The van der Waals surface area contributed by atoms with Crippen LogP contribution in [0.15, 0.2) is 91.0 Å². The number of aromatic nitrogens is 2. The monoisotopic (exact) mass is 578 g/mol. The molecule has 0 aliphatic carbocycles. The lowest BCUT2D eigenvalue weighted by atomic mass is 9.97. The summed E-state index contributed by atoms with van der Waals surface area (Å²) in [7, 11) is 1.58. The summed E-state index contributed by atoms with van der Waals surface area (Å²) in [6.07, 6.45) is 2.97. The third kappa shape index (κ3) is 6.54. The first kappa shape index (κ1) is 28.4. The number of hydrogen-bond acceptors (Lipinski definition) is 5. The second kappa shape index (κ2) is 12.7. The summed E-state index contributed by atoms with van der Waals surface area (Å²) < 4.78 is 21.0. The van der Waals surface area contributed by atoms with Crippen molar-refractivity contribution >= 4 is 23.0 Å². The zero-order valence-corrected chi connectivity index (χ0v) is 24.2. The molecule has 0 radical (unpaired) electrons. The number of fused-ring (bicyclic) bond motifs is 1. The van der Waals surface area contributed by atoms with Crippen LogP contribution < -0.4 is 10.1 Å². The van der Waals surface area contributed by atoms with Gasteiger partial charge in [-0.25, -0.2) is 14.2 Å². The molecule has 1 aromatic heterocycles. The van der Waals surface area contributed by atoms with Gasteiger partial charge in [-0.15, -0.1) is 0 Å². The standard InChI is InChI=1S/C35H35FN4O3/c1-43-29-14-15-30(34(41)42)31(22-29)26-10-6-24(7-11-26)16-19-39-20-17-28(18-21-39)37-35-38-32-4-2-3-5-33(32)40(35)23-25-8-12-27(36)13-9-25/h2-15,22,28H,16-21,23H2,1H3,(H,37,38)(H,41,42). The average molecular weight is 579 g/mol. The number of carbonyl (C=O) groups is 1. The first-order valence-electron chi connectivity index (χ1n) is 14.7. The maximum Gasteiger partial charge on any atom is 0.336 e. The van der Waals surface area contributed by atoms with Crippen molar-refractivity contribution in [1.29, 1.82) is 0 Å². The highest BCUT2D eigenvalue weighted by Crippen LogP contribution is 2.29. The zero-order chi connectivity index (χ0) is 29.8. The number of aromatic carboxylic acids is 1. The highest BCUT2D eigenvalue weighted by atomic mass is 19.1. The summed E-state index contributed by atoms with van der Waals surface area (Å²) in [4.78, 5) is 19.1. The molecule has 0 unspecified atom stereocenters. The molecule has 0 amide bonds. The number of anilines is 1. The Balaban J connectivity index is 1.05. The van der Waals surface area contributed by atoms with Crippen LogP contribution in [0.4, 0.5) is 10.3 Å². The van der Waals surface area contributed by atoms with Crippen LogP contribution in [0.3, 0.4) is 0 Å². The molecule has 0 spiro atoms. The van der Waals surface area contributed by atoms with Gasteiger partial charge in [0.05, 0.1) is 30.3 Å². The number of nitrogens with zero attached hydrogens (tertiary/aromatic N) is 3. The van der Waals surface area contributed by atoms with Crippen LogP contribution in [0.25, 0.3) is 22.2 Å². The van der Waals surface area contributed by atoms with Crippen molar-refractivity contribution in [3.8, 4) is 16.9 Å². The summed E-state index contributed by atoms with van der Waals surface area (Å²) in [5.41, 5.74) is 6.02. The summed E-state index contributed by atoms with van der Waals surface area (Å²) in [6.45, 7) is 3.59. The highest BCUT2D eigenvalue weighted by molar-refractivity contribution is 5.96. The molecule has 1 fully saturated rings. The van der Waals surface area contributed by atoms with E-state index in [0.29, 0.717) is 23.9 Å². The lowest BCUT2D eigenvalue weighted by Gasteiger charge is -2.32. The van der Waals surface area contributed by atoms with Crippen molar-refractivity contribution in [3.05, 3.63) is 114 Å². The number of carboxylic acid groups (broad SMARTS) is 1. The first-order valence-corrected chi connectivity index (χ1v) is 14.7. The van der Waals surface area contributed by atoms with Gasteiger partial charge in [-0.05, 0) is 84.0 Å². The van der Waals surface area contributed by atoms with Gasteiger partial charge in [0, 0.05) is 25.7 Å². The molecule has 5 aromatic rings. The lowest BCUT2D eigenvalue weighted by molar-refractivity contribution is 0.0697. The van der Waals surface area contributed by atoms with Gasteiger partial charge in [-0.2, -0.15) is 0 Å². The third-order valence-electron chi connectivity index (χ3n) is 8.27. The fourth-order valence-electron chi connectivity index (χ4n) is 5.82. The summed E-state index contributed by atoms with van der Waals surface area (Å²) >= 11 is 0. The number of ether oxygens (including phenoxy) is 1. The van der Waals surface area contributed by atoms with Gasteiger partial charge in [0.2, 0.25) is 5.95 Å². The van der Waals surface area contributed by atoms with E-state index in [2.05, 4.69) is 33.0 Å². The van der Waals surface area contributed by atoms with E-state index in [1.807, 2.05) is 42.5 Å². The molecule has 43 heavy (non-hydrogen) atoms. The minimum Gasteiger partial charge on any atom is -0.497 e. The summed E-state index contributed by atoms with van der Waals surface area (Å²) in [5.74, 6) is 0.298. The van der Waals surface area contributed by atoms with Crippen LogP contribution in [0, 0.1) is 5.82 Å². The molecule has 2 heterocycles. The molecule has 0 atom stereocenters. The highest BCUT2D eigenvalue weighted by Gasteiger charge is 2.22. The van der Waals surface area contributed by atoms with Gasteiger partial charge in [-0.3, -0.25) is 0 Å². The Morgan fingerprint density at radius 3 is 2.42 bits per heavy atom. The molecular formula is C35H35FN4O3. The van der Waals surface area contributed by atoms with Crippen LogP contribution in [-0.4, -0.2) is 58.3 Å². The number of para-hydroxylation sites is 2. The van der Waals surface area contributed by atoms with Crippen molar-refractivity contribution in [3.63, 3.8) is 0 Å². The quantitative estimate of drug-likeness (QED) is 0.192. The predicted octanol–water partition coefficient (Wildman–Crippen LogP) is 6.72. The number of methoxy groups -OCH3 is 1. The second-order valence-electron chi connectivity index (χ2n) is 11.1. The number of piperidine rings is 1. The van der Waals surface area contributed by atoms with E-state index in [1.54, 1.807) is 25.3 Å².